The van der Waals surface area contributed by atoms with Gasteiger partial charge in [0, 0.05) is 17.7 Å². The van der Waals surface area contributed by atoms with Crippen LogP contribution in [0, 0.1) is 30.9 Å². The molecule has 1 heterocycles. The van der Waals surface area contributed by atoms with E-state index in [9.17, 15) is 14.9 Å². The normalized spacial score (nSPS) is 11.9. The third-order valence-electron chi connectivity index (χ3n) is 4.28. The Hall–Kier alpha value is -3.55. The number of nitrogens with zero attached hydrogens (tertiary/aromatic N) is 3. The quantitative estimate of drug-likeness (QED) is 0.364. The van der Waals surface area contributed by atoms with Gasteiger partial charge in [0.15, 0.2) is 6.10 Å². The van der Waals surface area contributed by atoms with Crippen LogP contribution >= 0.6 is 0 Å². The first-order valence-corrected chi connectivity index (χ1v) is 8.63. The van der Waals surface area contributed by atoms with Gasteiger partial charge in [0.25, 0.3) is 11.6 Å². The highest BCUT2D eigenvalue weighted by Gasteiger charge is 2.22. The summed E-state index contributed by atoms with van der Waals surface area (Å²) in [6.45, 7) is 7.33. The molecule has 0 spiro atoms. The molecule has 0 N–H and O–H groups in total. The summed E-state index contributed by atoms with van der Waals surface area (Å²) in [5.41, 5.74) is 3.78. The fourth-order valence-electron chi connectivity index (χ4n) is 3.01. The van der Waals surface area contributed by atoms with Gasteiger partial charge >= 0.3 is 5.97 Å². The maximum atomic E-state index is 12.6. The van der Waals surface area contributed by atoms with Gasteiger partial charge < -0.3 is 9.15 Å². The minimum absolute atomic E-state index is 0.0328. The van der Waals surface area contributed by atoms with Crippen LogP contribution in [0.4, 0.5) is 5.69 Å². The molecule has 0 amide bonds. The molecule has 3 rings (SSSR count). The van der Waals surface area contributed by atoms with Crippen molar-refractivity contribution in [3.8, 4) is 11.5 Å². The Bertz CT molecular complexity index is 1020. The number of ether oxygens (including phenoxy) is 1. The monoisotopic (exact) mass is 381 g/mol. The summed E-state index contributed by atoms with van der Waals surface area (Å²) in [6.07, 6.45) is -0.744. The van der Waals surface area contributed by atoms with Gasteiger partial charge in [-0.05, 0) is 51.0 Å². The van der Waals surface area contributed by atoms with Crippen LogP contribution < -0.4 is 0 Å². The molecule has 1 unspecified atom stereocenters. The SMILES string of the molecule is Cc1cc(C)c(C(=O)OC(C)c2nnc(-c3ccc([N+](=O)[O-])cc3)o2)c(C)c1. The molecule has 0 bridgehead atoms. The number of rotatable bonds is 5. The number of carbonyl (C=O) groups is 1. The predicted octanol–water partition coefficient (Wildman–Crippen LogP) is 4.49. The zero-order chi connectivity index (χ0) is 20.4. The number of nitro benzene ring substituents is 1. The van der Waals surface area contributed by atoms with E-state index in [1.54, 1.807) is 6.92 Å². The van der Waals surface area contributed by atoms with E-state index in [-0.39, 0.29) is 17.5 Å². The highest BCUT2D eigenvalue weighted by Crippen LogP contribution is 2.26. The molecular weight excluding hydrogens is 362 g/mol. The van der Waals surface area contributed by atoms with Crippen molar-refractivity contribution >= 4 is 11.7 Å². The third-order valence-corrected chi connectivity index (χ3v) is 4.28. The summed E-state index contributed by atoms with van der Waals surface area (Å²) in [7, 11) is 0. The van der Waals surface area contributed by atoms with E-state index in [1.165, 1.54) is 24.3 Å². The zero-order valence-electron chi connectivity index (χ0n) is 15.9. The number of nitro groups is 1. The van der Waals surface area contributed by atoms with Crippen LogP contribution in [-0.4, -0.2) is 21.1 Å². The molecule has 0 saturated heterocycles. The molecule has 144 valence electrons. The smallest absolute Gasteiger partial charge is 0.339 e. The van der Waals surface area contributed by atoms with Crippen LogP contribution in [0.2, 0.25) is 0 Å². The molecule has 0 aliphatic heterocycles. The van der Waals surface area contributed by atoms with Crippen molar-refractivity contribution in [2.24, 2.45) is 0 Å². The molecule has 0 radical (unpaired) electrons. The maximum absolute atomic E-state index is 12.6. The molecule has 0 fully saturated rings. The van der Waals surface area contributed by atoms with E-state index < -0.39 is 17.0 Å². The molecule has 0 aliphatic rings. The first-order chi connectivity index (χ1) is 13.3. The van der Waals surface area contributed by atoms with Crippen LogP contribution in [0.5, 0.6) is 0 Å². The summed E-state index contributed by atoms with van der Waals surface area (Å²) in [4.78, 5) is 22.8. The van der Waals surface area contributed by atoms with E-state index in [4.69, 9.17) is 9.15 Å². The van der Waals surface area contributed by atoms with Gasteiger partial charge in [-0.25, -0.2) is 4.79 Å². The van der Waals surface area contributed by atoms with E-state index in [0.29, 0.717) is 11.1 Å². The second-order valence-electron chi connectivity index (χ2n) is 6.57. The van der Waals surface area contributed by atoms with Gasteiger partial charge in [-0.15, -0.1) is 10.2 Å². The molecular formula is C20H19N3O5. The lowest BCUT2D eigenvalue weighted by molar-refractivity contribution is -0.384. The number of aryl methyl sites for hydroxylation is 3. The Kier molecular flexibility index (Phi) is 5.21. The summed E-state index contributed by atoms with van der Waals surface area (Å²) >= 11 is 0. The second kappa shape index (κ2) is 7.59. The molecule has 1 atom stereocenters. The average molecular weight is 381 g/mol. The van der Waals surface area contributed by atoms with Gasteiger partial charge in [0.1, 0.15) is 0 Å². The maximum Gasteiger partial charge on any atom is 0.339 e. The Morgan fingerprint density at radius 3 is 2.29 bits per heavy atom. The summed E-state index contributed by atoms with van der Waals surface area (Å²) < 4.78 is 11.1. The highest BCUT2D eigenvalue weighted by atomic mass is 16.6. The van der Waals surface area contributed by atoms with Crippen LogP contribution in [0.1, 0.15) is 46.0 Å². The van der Waals surface area contributed by atoms with Crippen molar-refractivity contribution in [3.63, 3.8) is 0 Å². The lowest BCUT2D eigenvalue weighted by Crippen LogP contribution is -2.12. The molecule has 0 aliphatic carbocycles. The number of hydrogen-bond acceptors (Lipinski definition) is 7. The summed E-state index contributed by atoms with van der Waals surface area (Å²) in [5, 5.41) is 18.6. The number of carbonyl (C=O) groups excluding carboxylic acids is 1. The molecule has 3 aromatic rings. The van der Waals surface area contributed by atoms with E-state index in [1.807, 2.05) is 32.9 Å². The number of esters is 1. The minimum Gasteiger partial charge on any atom is -0.449 e. The second-order valence-corrected chi connectivity index (χ2v) is 6.57. The summed E-state index contributed by atoms with van der Waals surface area (Å²) in [5.74, 6) is -0.128. The van der Waals surface area contributed by atoms with E-state index in [2.05, 4.69) is 10.2 Å². The van der Waals surface area contributed by atoms with Crippen molar-refractivity contribution in [2.75, 3.05) is 0 Å². The standard InChI is InChI=1S/C20H19N3O5/c1-11-9-12(2)17(13(3)10-11)20(24)27-14(4)18-21-22-19(28-18)15-5-7-16(8-6-15)23(25)26/h5-10,14H,1-4H3. The summed E-state index contributed by atoms with van der Waals surface area (Å²) in [6, 6.07) is 9.59. The molecule has 8 nitrogen and oxygen atoms in total. The lowest BCUT2D eigenvalue weighted by atomic mass is 10.00. The van der Waals surface area contributed by atoms with Gasteiger partial charge in [-0.2, -0.15) is 0 Å². The zero-order valence-corrected chi connectivity index (χ0v) is 15.9. The Morgan fingerprint density at radius 2 is 1.71 bits per heavy atom. The average Bonchev–Trinajstić information content (AvgIpc) is 3.11. The number of benzene rings is 2. The minimum atomic E-state index is -0.744. The van der Waals surface area contributed by atoms with Crippen LogP contribution in [0.3, 0.4) is 0 Å². The van der Waals surface area contributed by atoms with Crippen molar-refractivity contribution in [3.05, 3.63) is 74.7 Å². The number of non-ortho nitro benzene ring substituents is 1. The Morgan fingerprint density at radius 1 is 1.11 bits per heavy atom. The first-order valence-electron chi connectivity index (χ1n) is 8.63. The first kappa shape index (κ1) is 19.2. The van der Waals surface area contributed by atoms with Gasteiger partial charge in [0.05, 0.1) is 10.5 Å². The van der Waals surface area contributed by atoms with Crippen LogP contribution in [0.25, 0.3) is 11.5 Å². The molecule has 1 aromatic heterocycles. The van der Waals surface area contributed by atoms with Crippen LogP contribution in [-0.2, 0) is 4.74 Å². The molecule has 28 heavy (non-hydrogen) atoms. The molecule has 2 aromatic carbocycles. The van der Waals surface area contributed by atoms with Crippen molar-refractivity contribution < 1.29 is 18.9 Å². The fraction of sp³-hybridized carbons (Fsp3) is 0.250. The molecule has 8 heteroatoms. The van der Waals surface area contributed by atoms with Crippen molar-refractivity contribution in [1.29, 1.82) is 0 Å². The topological polar surface area (TPSA) is 108 Å². The third kappa shape index (κ3) is 3.90. The number of aromatic nitrogens is 2. The lowest BCUT2D eigenvalue weighted by Gasteiger charge is -2.13. The fourth-order valence-corrected chi connectivity index (χ4v) is 3.01. The van der Waals surface area contributed by atoms with Crippen LogP contribution in [0.15, 0.2) is 40.8 Å². The van der Waals surface area contributed by atoms with E-state index in [0.717, 1.165) is 16.7 Å². The van der Waals surface area contributed by atoms with Crippen molar-refractivity contribution in [2.45, 2.75) is 33.8 Å². The van der Waals surface area contributed by atoms with Gasteiger partial charge in [-0.3, -0.25) is 10.1 Å². The Balaban J connectivity index is 1.76. The number of hydrogen-bond donors (Lipinski definition) is 0. The van der Waals surface area contributed by atoms with Crippen molar-refractivity contribution in [1.82, 2.24) is 10.2 Å². The van der Waals surface area contributed by atoms with E-state index >= 15 is 0 Å². The predicted molar refractivity (Wildman–Crippen MR) is 101 cm³/mol. The van der Waals surface area contributed by atoms with Gasteiger partial charge in [0.2, 0.25) is 5.89 Å². The largest absolute Gasteiger partial charge is 0.449 e. The highest BCUT2D eigenvalue weighted by molar-refractivity contribution is 5.92. The Labute approximate surface area is 161 Å². The van der Waals surface area contributed by atoms with Gasteiger partial charge in [-0.1, -0.05) is 17.7 Å². The molecule has 0 saturated carbocycles.